The Morgan fingerprint density at radius 1 is 0.407 bits per heavy atom. The fraction of sp³-hybridized carbons (Fsp3) is 0. The van der Waals surface area contributed by atoms with Crippen LogP contribution in [-0.2, 0) is 0 Å². The van der Waals surface area contributed by atoms with E-state index in [4.69, 9.17) is 8.83 Å². The predicted molar refractivity (Wildman–Crippen MR) is 230 cm³/mol. The monoisotopic (exact) mass is 690 g/mol. The van der Waals surface area contributed by atoms with Crippen LogP contribution in [0.3, 0.4) is 0 Å². The molecule has 0 amide bonds. The van der Waals surface area contributed by atoms with Crippen LogP contribution < -0.4 is 0 Å². The third-order valence-electron chi connectivity index (χ3n) is 10.5. The van der Waals surface area contributed by atoms with Crippen molar-refractivity contribution >= 4 is 87.8 Å². The Labute approximate surface area is 312 Å². The van der Waals surface area contributed by atoms with E-state index in [1.807, 2.05) is 12.1 Å². The topological polar surface area (TPSA) is 26.3 Å². The van der Waals surface area contributed by atoms with Crippen molar-refractivity contribution in [2.75, 3.05) is 0 Å². The third kappa shape index (κ3) is 5.44. The van der Waals surface area contributed by atoms with E-state index in [1.54, 1.807) is 0 Å². The second-order valence-corrected chi connectivity index (χ2v) is 13.7. The molecule has 0 N–H and O–H groups in total. The van der Waals surface area contributed by atoms with E-state index in [2.05, 4.69) is 189 Å². The van der Waals surface area contributed by atoms with Gasteiger partial charge in [-0.05, 0) is 96.5 Å². The molecule has 2 aromatic heterocycles. The molecule has 2 nitrogen and oxygen atoms in total. The number of benzene rings is 7. The van der Waals surface area contributed by atoms with Crippen LogP contribution >= 0.6 is 0 Å². The molecule has 0 aliphatic carbocycles. The summed E-state index contributed by atoms with van der Waals surface area (Å²) in [5.74, 6) is 0. The molecule has 10 rings (SSSR count). The molecule has 254 valence electrons. The minimum Gasteiger partial charge on any atom is -0.456 e. The standard InChI is InChI=1S/C52H34O2/c1-34(38-19-4-2-3-5-21-43(42-23-11-10-22-40(38)42)41-25-14-18-36-17-8-9-20-39(36)41)15-6-7-16-35-27-29-49-47(31-35)52-45-33-46-44-24-12-13-26-48(44)54-51(46)32-37(45)28-30-50(52)53-49/h2-33H,1H2/b3-2?,4-2?,5-3?,15-6-,16-7+,19-4?,21-5?,38-19?,40-38?,43-21?,43-42?. The summed E-state index contributed by atoms with van der Waals surface area (Å²) in [6.45, 7) is 4.55. The fourth-order valence-corrected chi connectivity index (χ4v) is 7.91. The summed E-state index contributed by atoms with van der Waals surface area (Å²) in [6, 6.07) is 59.7. The van der Waals surface area contributed by atoms with Gasteiger partial charge in [0.2, 0.25) is 0 Å². The molecule has 54 heavy (non-hydrogen) atoms. The Bertz CT molecular complexity index is 3230. The van der Waals surface area contributed by atoms with Crippen LogP contribution in [0.1, 0.15) is 11.1 Å². The maximum absolute atomic E-state index is 6.35. The van der Waals surface area contributed by atoms with Crippen molar-refractivity contribution < 1.29 is 8.83 Å². The summed E-state index contributed by atoms with van der Waals surface area (Å²) in [7, 11) is 0. The maximum Gasteiger partial charge on any atom is 0.136 e. The van der Waals surface area contributed by atoms with Gasteiger partial charge in [-0.25, -0.2) is 0 Å². The minimum atomic E-state index is 0.872. The second kappa shape index (κ2) is 13.1. The zero-order chi connectivity index (χ0) is 36.0. The number of para-hydroxylation sites is 1. The highest BCUT2D eigenvalue weighted by atomic mass is 16.3. The Morgan fingerprint density at radius 2 is 1.07 bits per heavy atom. The second-order valence-electron chi connectivity index (χ2n) is 13.7. The van der Waals surface area contributed by atoms with Crippen molar-refractivity contribution in [1.29, 1.82) is 0 Å². The molecule has 0 atom stereocenters. The quantitative estimate of drug-likeness (QED) is 0.168. The van der Waals surface area contributed by atoms with E-state index in [-0.39, 0.29) is 0 Å². The molecule has 0 spiro atoms. The van der Waals surface area contributed by atoms with E-state index >= 15 is 0 Å². The number of hydrogen-bond acceptors (Lipinski definition) is 2. The van der Waals surface area contributed by atoms with Crippen LogP contribution in [0.2, 0.25) is 0 Å². The molecular weight excluding hydrogens is 657 g/mol. The number of rotatable bonds is 5. The smallest absolute Gasteiger partial charge is 0.136 e. The van der Waals surface area contributed by atoms with Gasteiger partial charge in [0.25, 0.3) is 0 Å². The van der Waals surface area contributed by atoms with Crippen LogP contribution in [0.25, 0.3) is 99.0 Å². The average molecular weight is 691 g/mol. The lowest BCUT2D eigenvalue weighted by atomic mass is 9.93. The zero-order valence-corrected chi connectivity index (χ0v) is 29.5. The normalized spacial score (nSPS) is 12.0. The van der Waals surface area contributed by atoms with E-state index in [9.17, 15) is 0 Å². The predicted octanol–water partition coefficient (Wildman–Crippen LogP) is 15.0. The van der Waals surface area contributed by atoms with Gasteiger partial charge in [-0.2, -0.15) is 0 Å². The van der Waals surface area contributed by atoms with Crippen LogP contribution in [0.15, 0.2) is 203 Å². The Balaban J connectivity index is 1.02. The molecule has 0 aliphatic rings. The van der Waals surface area contributed by atoms with Crippen molar-refractivity contribution in [3.05, 3.63) is 206 Å². The summed E-state index contributed by atoms with van der Waals surface area (Å²) in [4.78, 5) is 0. The van der Waals surface area contributed by atoms with Gasteiger partial charge in [-0.3, -0.25) is 0 Å². The largest absolute Gasteiger partial charge is 0.456 e. The first-order valence-corrected chi connectivity index (χ1v) is 18.3. The molecule has 0 saturated heterocycles. The van der Waals surface area contributed by atoms with Gasteiger partial charge in [-0.1, -0.05) is 164 Å². The van der Waals surface area contributed by atoms with Crippen molar-refractivity contribution in [1.82, 2.24) is 0 Å². The van der Waals surface area contributed by atoms with Gasteiger partial charge in [-0.15, -0.1) is 0 Å². The lowest BCUT2D eigenvalue weighted by Crippen LogP contribution is -1.85. The van der Waals surface area contributed by atoms with Crippen molar-refractivity contribution in [2.24, 2.45) is 0 Å². The number of furan rings is 2. The van der Waals surface area contributed by atoms with E-state index in [0.29, 0.717) is 0 Å². The van der Waals surface area contributed by atoms with Crippen LogP contribution in [-0.4, -0.2) is 0 Å². The van der Waals surface area contributed by atoms with E-state index < -0.39 is 0 Å². The van der Waals surface area contributed by atoms with Gasteiger partial charge >= 0.3 is 0 Å². The number of allylic oxidation sites excluding steroid dienone is 4. The fourth-order valence-electron chi connectivity index (χ4n) is 7.91. The lowest BCUT2D eigenvalue weighted by Gasteiger charge is -2.11. The molecule has 0 fully saturated rings. The van der Waals surface area contributed by atoms with Gasteiger partial charge in [0, 0.05) is 21.5 Å². The molecule has 8 aromatic carbocycles. The molecule has 2 heterocycles. The first-order chi connectivity index (χ1) is 26.7. The molecule has 10 aromatic rings. The summed E-state index contributed by atoms with van der Waals surface area (Å²) in [5.41, 5.74) is 9.02. The SMILES string of the molecule is C=C(/C=C\C=C\c1ccc2oc3ccc4cc5oc6ccccc6c5cc4c3c2c1)c1ccccccc(-c2cccc3ccccc23)c2ccccc12. The highest BCUT2D eigenvalue weighted by Crippen LogP contribution is 2.40. The number of fused-ring (bicyclic) bond motifs is 10. The van der Waals surface area contributed by atoms with Gasteiger partial charge in [0.15, 0.2) is 0 Å². The Kier molecular flexibility index (Phi) is 7.66. The highest BCUT2D eigenvalue weighted by molar-refractivity contribution is 6.22. The molecule has 0 bridgehead atoms. The lowest BCUT2D eigenvalue weighted by molar-refractivity contribution is 0.668. The van der Waals surface area contributed by atoms with Crippen molar-refractivity contribution in [2.45, 2.75) is 0 Å². The molecule has 0 saturated carbocycles. The highest BCUT2D eigenvalue weighted by Gasteiger charge is 2.15. The average Bonchev–Trinajstić information content (AvgIpc) is 3.77. The molecule has 0 radical (unpaired) electrons. The maximum atomic E-state index is 6.35. The van der Waals surface area contributed by atoms with Gasteiger partial charge < -0.3 is 8.83 Å². The van der Waals surface area contributed by atoms with E-state index in [0.717, 1.165) is 76.7 Å². The summed E-state index contributed by atoms with van der Waals surface area (Å²) in [5, 5.41) is 11.5. The molecule has 0 unspecified atom stereocenters. The summed E-state index contributed by atoms with van der Waals surface area (Å²) >= 11 is 0. The minimum absolute atomic E-state index is 0.872. The van der Waals surface area contributed by atoms with Gasteiger partial charge in [0.1, 0.15) is 22.3 Å². The molecule has 2 heteroatoms. The first kappa shape index (κ1) is 31.6. The van der Waals surface area contributed by atoms with Crippen molar-refractivity contribution in [3.8, 4) is 11.1 Å². The number of hydrogen-bond donors (Lipinski definition) is 0. The first-order valence-electron chi connectivity index (χ1n) is 18.3. The molecular formula is C52H34O2. The molecule has 0 aliphatic heterocycles. The summed E-state index contributed by atoms with van der Waals surface area (Å²) < 4.78 is 12.5. The van der Waals surface area contributed by atoms with Crippen LogP contribution in [0.5, 0.6) is 0 Å². The zero-order valence-electron chi connectivity index (χ0n) is 29.5. The van der Waals surface area contributed by atoms with Crippen molar-refractivity contribution in [3.63, 3.8) is 0 Å². The van der Waals surface area contributed by atoms with Crippen LogP contribution in [0.4, 0.5) is 0 Å². The third-order valence-corrected chi connectivity index (χ3v) is 10.5. The Hall–Kier alpha value is -7.16. The van der Waals surface area contributed by atoms with Crippen LogP contribution in [0, 0.1) is 0 Å². The van der Waals surface area contributed by atoms with Gasteiger partial charge in [0.05, 0.1) is 0 Å². The van der Waals surface area contributed by atoms with E-state index in [1.165, 1.54) is 27.3 Å². The summed E-state index contributed by atoms with van der Waals surface area (Å²) in [6.07, 6.45) is 8.39. The Morgan fingerprint density at radius 3 is 1.98 bits per heavy atom.